The average molecular weight is 299 g/mol. The van der Waals surface area contributed by atoms with Gasteiger partial charge in [-0.25, -0.2) is 13.2 Å². The third kappa shape index (κ3) is 3.40. The first-order valence-corrected chi connectivity index (χ1v) is 8.02. The second kappa shape index (κ2) is 5.68. The van der Waals surface area contributed by atoms with Gasteiger partial charge in [0.15, 0.2) is 0 Å². The van der Waals surface area contributed by atoms with Gasteiger partial charge in [-0.05, 0) is 12.1 Å². The van der Waals surface area contributed by atoms with E-state index in [1.54, 1.807) is 18.2 Å². The summed E-state index contributed by atoms with van der Waals surface area (Å²) in [4.78, 5) is 13.5. The minimum Gasteiger partial charge on any atom is -0.506 e. The number of nitrogens with zero attached hydrogens (tertiary/aromatic N) is 2. The fraction of sp³-hybridized carbons (Fsp3) is 0.417. The number of benzene rings is 1. The molecule has 2 rings (SSSR count). The number of rotatable bonds is 2. The fourth-order valence-corrected chi connectivity index (χ4v) is 2.82. The Labute approximate surface area is 117 Å². The van der Waals surface area contributed by atoms with Crippen LogP contribution in [0.1, 0.15) is 0 Å². The molecule has 0 atom stereocenters. The summed E-state index contributed by atoms with van der Waals surface area (Å²) in [6, 6.07) is 6.10. The molecule has 2 N–H and O–H groups in total. The van der Waals surface area contributed by atoms with Crippen LogP contribution in [-0.2, 0) is 10.0 Å². The zero-order valence-electron chi connectivity index (χ0n) is 11.1. The number of hydrogen-bond donors (Lipinski definition) is 2. The van der Waals surface area contributed by atoms with Gasteiger partial charge in [0.1, 0.15) is 5.75 Å². The van der Waals surface area contributed by atoms with Crippen LogP contribution in [0.4, 0.5) is 10.5 Å². The number of aromatic hydroxyl groups is 1. The van der Waals surface area contributed by atoms with Crippen molar-refractivity contribution in [2.45, 2.75) is 0 Å². The van der Waals surface area contributed by atoms with Crippen molar-refractivity contribution in [3.05, 3.63) is 24.3 Å². The molecule has 0 unspecified atom stereocenters. The van der Waals surface area contributed by atoms with Crippen molar-refractivity contribution in [2.24, 2.45) is 0 Å². The smallest absolute Gasteiger partial charge is 0.322 e. The van der Waals surface area contributed by atoms with E-state index in [9.17, 15) is 18.3 Å². The number of urea groups is 1. The van der Waals surface area contributed by atoms with Gasteiger partial charge in [-0.1, -0.05) is 12.1 Å². The summed E-state index contributed by atoms with van der Waals surface area (Å²) in [5, 5.41) is 12.2. The van der Waals surface area contributed by atoms with Gasteiger partial charge < -0.3 is 15.3 Å². The van der Waals surface area contributed by atoms with E-state index in [2.05, 4.69) is 5.32 Å². The molecule has 1 aromatic rings. The van der Waals surface area contributed by atoms with E-state index in [0.29, 0.717) is 18.8 Å². The van der Waals surface area contributed by atoms with Crippen molar-refractivity contribution in [1.82, 2.24) is 9.21 Å². The monoisotopic (exact) mass is 299 g/mol. The Morgan fingerprint density at radius 3 is 2.35 bits per heavy atom. The van der Waals surface area contributed by atoms with Crippen LogP contribution in [0, 0.1) is 0 Å². The second-order valence-electron chi connectivity index (χ2n) is 4.60. The van der Waals surface area contributed by atoms with E-state index in [-0.39, 0.29) is 24.9 Å². The zero-order chi connectivity index (χ0) is 14.8. The molecular weight excluding hydrogens is 282 g/mol. The van der Waals surface area contributed by atoms with Gasteiger partial charge in [0, 0.05) is 26.2 Å². The first-order valence-electron chi connectivity index (χ1n) is 6.17. The number of carbonyl (C=O) groups is 1. The minimum atomic E-state index is -3.21. The van der Waals surface area contributed by atoms with E-state index in [0.717, 1.165) is 6.26 Å². The molecule has 2 amide bonds. The predicted octanol–water partition coefficient (Wildman–Crippen LogP) is 0.501. The van der Waals surface area contributed by atoms with Gasteiger partial charge in [-0.2, -0.15) is 4.31 Å². The summed E-state index contributed by atoms with van der Waals surface area (Å²) in [7, 11) is -3.21. The molecule has 1 aliphatic heterocycles. The fourth-order valence-electron chi connectivity index (χ4n) is 2.00. The third-order valence-corrected chi connectivity index (χ3v) is 4.44. The highest BCUT2D eigenvalue weighted by molar-refractivity contribution is 7.88. The number of piperazine rings is 1. The predicted molar refractivity (Wildman–Crippen MR) is 75.1 cm³/mol. The largest absolute Gasteiger partial charge is 0.506 e. The maximum Gasteiger partial charge on any atom is 0.322 e. The molecule has 0 radical (unpaired) electrons. The number of carbonyl (C=O) groups excluding carboxylic acids is 1. The Kier molecular flexibility index (Phi) is 4.15. The number of phenols is 1. The molecule has 7 nitrogen and oxygen atoms in total. The Bertz CT molecular complexity index is 594. The molecule has 1 fully saturated rings. The maximum atomic E-state index is 12.0. The molecule has 1 aromatic carbocycles. The van der Waals surface area contributed by atoms with Crippen molar-refractivity contribution in [2.75, 3.05) is 37.8 Å². The Morgan fingerprint density at radius 1 is 1.20 bits per heavy atom. The normalized spacial score (nSPS) is 16.9. The molecule has 0 saturated carbocycles. The van der Waals surface area contributed by atoms with Crippen LogP contribution >= 0.6 is 0 Å². The molecule has 1 heterocycles. The van der Waals surface area contributed by atoms with Crippen molar-refractivity contribution in [1.29, 1.82) is 0 Å². The molecule has 0 aliphatic carbocycles. The second-order valence-corrected chi connectivity index (χ2v) is 6.58. The molecule has 0 aromatic heterocycles. The van der Waals surface area contributed by atoms with E-state index in [4.69, 9.17) is 0 Å². The van der Waals surface area contributed by atoms with Crippen LogP contribution < -0.4 is 5.32 Å². The van der Waals surface area contributed by atoms with Gasteiger partial charge in [0.05, 0.1) is 11.9 Å². The summed E-state index contributed by atoms with van der Waals surface area (Å²) in [6.45, 7) is 1.22. The summed E-state index contributed by atoms with van der Waals surface area (Å²) in [6.07, 6.45) is 1.16. The topological polar surface area (TPSA) is 90.0 Å². The summed E-state index contributed by atoms with van der Waals surface area (Å²) < 4.78 is 24.1. The summed E-state index contributed by atoms with van der Waals surface area (Å²) in [5.41, 5.74) is 0.336. The number of nitrogens with one attached hydrogen (secondary N) is 1. The van der Waals surface area contributed by atoms with Crippen LogP contribution in [0.15, 0.2) is 24.3 Å². The van der Waals surface area contributed by atoms with E-state index >= 15 is 0 Å². The molecule has 110 valence electrons. The molecule has 0 bridgehead atoms. The summed E-state index contributed by atoms with van der Waals surface area (Å²) in [5.74, 6) is -0.00405. The zero-order valence-corrected chi connectivity index (χ0v) is 11.9. The molecule has 20 heavy (non-hydrogen) atoms. The lowest BCUT2D eigenvalue weighted by Gasteiger charge is -2.33. The summed E-state index contributed by atoms with van der Waals surface area (Å²) >= 11 is 0. The number of sulfonamides is 1. The minimum absolute atomic E-state index is 0.00405. The van der Waals surface area contributed by atoms with E-state index in [1.165, 1.54) is 15.3 Å². The van der Waals surface area contributed by atoms with E-state index < -0.39 is 10.0 Å². The first-order chi connectivity index (χ1) is 9.38. The van der Waals surface area contributed by atoms with Crippen LogP contribution in [0.25, 0.3) is 0 Å². The molecule has 8 heteroatoms. The molecule has 1 aliphatic rings. The van der Waals surface area contributed by atoms with E-state index in [1.807, 2.05) is 0 Å². The van der Waals surface area contributed by atoms with Crippen LogP contribution in [0.5, 0.6) is 5.75 Å². The lowest BCUT2D eigenvalue weighted by molar-refractivity contribution is 0.184. The Hall–Kier alpha value is -1.80. The van der Waals surface area contributed by atoms with Gasteiger partial charge in [-0.3, -0.25) is 0 Å². The van der Waals surface area contributed by atoms with Gasteiger partial charge in [0.25, 0.3) is 0 Å². The van der Waals surface area contributed by atoms with Gasteiger partial charge in [-0.15, -0.1) is 0 Å². The van der Waals surface area contributed by atoms with Crippen molar-refractivity contribution >= 4 is 21.7 Å². The van der Waals surface area contributed by atoms with Crippen LogP contribution in [0.2, 0.25) is 0 Å². The van der Waals surface area contributed by atoms with Gasteiger partial charge >= 0.3 is 6.03 Å². The molecule has 0 spiro atoms. The highest BCUT2D eigenvalue weighted by Crippen LogP contribution is 2.22. The maximum absolute atomic E-state index is 12.0. The quantitative estimate of drug-likeness (QED) is 0.778. The number of hydrogen-bond acceptors (Lipinski definition) is 4. The first kappa shape index (κ1) is 14.6. The number of anilines is 1. The highest BCUT2D eigenvalue weighted by atomic mass is 32.2. The molecule has 1 saturated heterocycles. The number of amides is 2. The van der Waals surface area contributed by atoms with Gasteiger partial charge in [0.2, 0.25) is 10.0 Å². The SMILES string of the molecule is CS(=O)(=O)N1CCN(C(=O)Nc2ccccc2O)CC1. The number of para-hydroxylation sites is 2. The Balaban J connectivity index is 1.94. The standard InChI is InChI=1S/C12H17N3O4S/c1-20(18,19)15-8-6-14(7-9-15)12(17)13-10-4-2-3-5-11(10)16/h2-5,16H,6-9H2,1H3,(H,13,17). The van der Waals surface area contributed by atoms with Crippen LogP contribution in [0.3, 0.4) is 0 Å². The highest BCUT2D eigenvalue weighted by Gasteiger charge is 2.26. The van der Waals surface area contributed by atoms with Crippen molar-refractivity contribution < 1.29 is 18.3 Å². The van der Waals surface area contributed by atoms with Crippen molar-refractivity contribution in [3.63, 3.8) is 0 Å². The van der Waals surface area contributed by atoms with Crippen LogP contribution in [-0.4, -0.2) is 61.2 Å². The third-order valence-electron chi connectivity index (χ3n) is 3.14. The van der Waals surface area contributed by atoms with Crippen molar-refractivity contribution in [3.8, 4) is 5.75 Å². The lowest BCUT2D eigenvalue weighted by Crippen LogP contribution is -2.51. The average Bonchev–Trinajstić information content (AvgIpc) is 2.40. The molecular formula is C12H17N3O4S. The Morgan fingerprint density at radius 2 is 1.80 bits per heavy atom. The lowest BCUT2D eigenvalue weighted by atomic mass is 10.3. The number of phenolic OH excluding ortho intramolecular Hbond substituents is 1.